The van der Waals surface area contributed by atoms with E-state index in [9.17, 15) is 0 Å². The number of rotatable bonds is 5. The van der Waals surface area contributed by atoms with E-state index in [1.165, 1.54) is 0 Å². The Balaban J connectivity index is 1.96. The van der Waals surface area contributed by atoms with Gasteiger partial charge in [0.2, 0.25) is 0 Å². The third kappa shape index (κ3) is 4.01. The summed E-state index contributed by atoms with van der Waals surface area (Å²) in [6, 6.07) is 5.86. The van der Waals surface area contributed by atoms with Gasteiger partial charge in [0.1, 0.15) is 5.75 Å². The van der Waals surface area contributed by atoms with Crippen LogP contribution in [0.25, 0.3) is 0 Å². The molecule has 0 aromatic heterocycles. The molecular formula is C14H24N4O. The zero-order chi connectivity index (χ0) is 13.7. The smallest absolute Gasteiger partial charge is 0.144 e. The fourth-order valence-corrected chi connectivity index (χ4v) is 2.04. The maximum Gasteiger partial charge on any atom is 0.144 e. The average Bonchev–Trinajstić information content (AvgIpc) is 2.42. The van der Waals surface area contributed by atoms with Crippen molar-refractivity contribution in [3.05, 3.63) is 18.2 Å². The highest BCUT2D eigenvalue weighted by atomic mass is 16.5. The molecule has 0 radical (unpaired) electrons. The van der Waals surface area contributed by atoms with Crippen molar-refractivity contribution in [3.8, 4) is 5.75 Å². The number of hydrogen-bond donors (Lipinski definition) is 2. The van der Waals surface area contributed by atoms with Crippen LogP contribution in [0.5, 0.6) is 5.75 Å². The number of nitrogens with two attached hydrogens (primary N) is 1. The maximum atomic E-state index is 5.91. The molecule has 1 aliphatic rings. The third-order valence-electron chi connectivity index (χ3n) is 3.27. The predicted octanol–water partition coefficient (Wildman–Crippen LogP) is 1.63. The number of ether oxygens (including phenoxy) is 1. The maximum absolute atomic E-state index is 5.91. The van der Waals surface area contributed by atoms with Crippen LogP contribution in [0.15, 0.2) is 18.2 Å². The highest BCUT2D eigenvalue weighted by molar-refractivity contribution is 5.61. The fraction of sp³-hybridized carbons (Fsp3) is 0.571. The lowest BCUT2D eigenvalue weighted by molar-refractivity contribution is 0.179. The summed E-state index contributed by atoms with van der Waals surface area (Å²) >= 11 is 0. The number of likely N-dealkylation sites (N-methyl/N-ethyl adjacent to an activating group) is 1. The van der Waals surface area contributed by atoms with E-state index in [4.69, 9.17) is 10.5 Å². The summed E-state index contributed by atoms with van der Waals surface area (Å²) in [5.74, 6) is 0.765. The molecule has 106 valence electrons. The van der Waals surface area contributed by atoms with Crippen molar-refractivity contribution in [1.29, 1.82) is 0 Å². The molecule has 0 atom stereocenters. The van der Waals surface area contributed by atoms with E-state index < -0.39 is 0 Å². The monoisotopic (exact) mass is 264 g/mol. The lowest BCUT2D eigenvalue weighted by atomic mass is 10.2. The summed E-state index contributed by atoms with van der Waals surface area (Å²) in [6.45, 7) is 6.99. The Labute approximate surface area is 115 Å². The van der Waals surface area contributed by atoms with Gasteiger partial charge < -0.3 is 20.8 Å². The van der Waals surface area contributed by atoms with E-state index in [0.29, 0.717) is 12.3 Å². The Kier molecular flexibility index (Phi) is 4.87. The van der Waals surface area contributed by atoms with Gasteiger partial charge in [0.05, 0.1) is 18.0 Å². The first-order chi connectivity index (χ1) is 9.19. The molecule has 0 aliphatic carbocycles. The van der Waals surface area contributed by atoms with Gasteiger partial charge >= 0.3 is 0 Å². The second-order valence-corrected chi connectivity index (χ2v) is 5.00. The van der Waals surface area contributed by atoms with E-state index in [0.717, 1.165) is 44.0 Å². The summed E-state index contributed by atoms with van der Waals surface area (Å²) in [7, 11) is 2.15. The summed E-state index contributed by atoms with van der Waals surface area (Å²) in [6.07, 6.45) is 0.982. The fourth-order valence-electron chi connectivity index (χ4n) is 2.04. The van der Waals surface area contributed by atoms with Crippen LogP contribution in [-0.2, 0) is 0 Å². The minimum atomic E-state index is 0.692. The Morgan fingerprint density at radius 2 is 2.00 bits per heavy atom. The SMILES string of the molecule is CCCOc1cc(NN2CCN(C)CC2)ccc1N. The summed E-state index contributed by atoms with van der Waals surface area (Å²) in [4.78, 5) is 2.33. The van der Waals surface area contributed by atoms with Crippen molar-refractivity contribution in [3.63, 3.8) is 0 Å². The Hall–Kier alpha value is -1.46. The van der Waals surface area contributed by atoms with Gasteiger partial charge in [-0.2, -0.15) is 0 Å². The molecular weight excluding hydrogens is 240 g/mol. The van der Waals surface area contributed by atoms with Crippen LogP contribution in [0.2, 0.25) is 0 Å². The Morgan fingerprint density at radius 1 is 1.26 bits per heavy atom. The van der Waals surface area contributed by atoms with Gasteiger partial charge in [0, 0.05) is 32.2 Å². The summed E-state index contributed by atoms with van der Waals surface area (Å²) in [5, 5.41) is 2.23. The number of nitrogens with zero attached hydrogens (tertiary/aromatic N) is 2. The molecule has 0 unspecified atom stereocenters. The Morgan fingerprint density at radius 3 is 2.68 bits per heavy atom. The molecule has 1 aromatic rings. The lowest BCUT2D eigenvalue weighted by Gasteiger charge is -2.33. The number of benzene rings is 1. The quantitative estimate of drug-likeness (QED) is 0.792. The van der Waals surface area contributed by atoms with Crippen LogP contribution in [0.4, 0.5) is 11.4 Å². The molecule has 0 bridgehead atoms. The van der Waals surface area contributed by atoms with E-state index in [-0.39, 0.29) is 0 Å². The normalized spacial score (nSPS) is 17.4. The van der Waals surface area contributed by atoms with Gasteiger partial charge in [0.15, 0.2) is 0 Å². The minimum absolute atomic E-state index is 0.692. The van der Waals surface area contributed by atoms with Gasteiger partial charge in [-0.05, 0) is 25.6 Å². The number of nitrogen functional groups attached to an aromatic ring is 1. The number of hydrazine groups is 1. The predicted molar refractivity (Wildman–Crippen MR) is 79.3 cm³/mol. The van der Waals surface area contributed by atoms with Gasteiger partial charge in [-0.15, -0.1) is 0 Å². The molecule has 1 saturated heterocycles. The lowest BCUT2D eigenvalue weighted by Crippen LogP contribution is -2.46. The topological polar surface area (TPSA) is 53.8 Å². The van der Waals surface area contributed by atoms with Crippen LogP contribution in [0.3, 0.4) is 0 Å². The molecule has 0 spiro atoms. The number of nitrogens with one attached hydrogen (secondary N) is 1. The minimum Gasteiger partial charge on any atom is -0.491 e. The summed E-state index contributed by atoms with van der Waals surface area (Å²) in [5.41, 5.74) is 11.0. The summed E-state index contributed by atoms with van der Waals surface area (Å²) < 4.78 is 5.64. The van der Waals surface area contributed by atoms with Crippen LogP contribution in [0, 0.1) is 0 Å². The first kappa shape index (κ1) is 14.0. The second kappa shape index (κ2) is 6.63. The molecule has 1 aromatic carbocycles. The highest BCUT2D eigenvalue weighted by Crippen LogP contribution is 2.26. The molecule has 0 saturated carbocycles. The third-order valence-corrected chi connectivity index (χ3v) is 3.27. The molecule has 1 aliphatic heterocycles. The largest absolute Gasteiger partial charge is 0.491 e. The average molecular weight is 264 g/mol. The van der Waals surface area contributed by atoms with Crippen molar-refractivity contribution < 1.29 is 4.74 Å². The van der Waals surface area contributed by atoms with Crippen molar-refractivity contribution in [2.24, 2.45) is 0 Å². The van der Waals surface area contributed by atoms with E-state index >= 15 is 0 Å². The van der Waals surface area contributed by atoms with E-state index in [1.54, 1.807) is 0 Å². The van der Waals surface area contributed by atoms with E-state index in [2.05, 4.69) is 29.3 Å². The van der Waals surface area contributed by atoms with Crippen molar-refractivity contribution in [2.45, 2.75) is 13.3 Å². The molecule has 2 rings (SSSR count). The molecule has 1 heterocycles. The molecule has 5 nitrogen and oxygen atoms in total. The zero-order valence-corrected chi connectivity index (χ0v) is 11.9. The molecule has 0 amide bonds. The highest BCUT2D eigenvalue weighted by Gasteiger charge is 2.13. The first-order valence-corrected chi connectivity index (χ1v) is 6.91. The van der Waals surface area contributed by atoms with Crippen molar-refractivity contribution >= 4 is 11.4 Å². The number of piperazine rings is 1. The van der Waals surface area contributed by atoms with Gasteiger partial charge in [-0.25, -0.2) is 5.01 Å². The number of hydrogen-bond acceptors (Lipinski definition) is 5. The zero-order valence-electron chi connectivity index (χ0n) is 11.9. The van der Waals surface area contributed by atoms with Crippen LogP contribution in [-0.4, -0.2) is 49.7 Å². The van der Waals surface area contributed by atoms with E-state index in [1.807, 2.05) is 18.2 Å². The van der Waals surface area contributed by atoms with Gasteiger partial charge in [-0.3, -0.25) is 0 Å². The second-order valence-electron chi connectivity index (χ2n) is 5.00. The first-order valence-electron chi connectivity index (χ1n) is 6.91. The van der Waals surface area contributed by atoms with Gasteiger partial charge in [0.25, 0.3) is 0 Å². The molecule has 3 N–H and O–H groups in total. The standard InChI is InChI=1S/C14H24N4O/c1-3-10-19-14-11-12(4-5-13(14)15)16-18-8-6-17(2)7-9-18/h4-5,11,16H,3,6-10,15H2,1-2H3. The van der Waals surface area contributed by atoms with Crippen LogP contribution < -0.4 is 15.9 Å². The van der Waals surface area contributed by atoms with Crippen molar-refractivity contribution in [1.82, 2.24) is 9.91 Å². The molecule has 19 heavy (non-hydrogen) atoms. The number of anilines is 2. The van der Waals surface area contributed by atoms with Crippen LogP contribution >= 0.6 is 0 Å². The molecule has 5 heteroatoms. The van der Waals surface area contributed by atoms with Crippen LogP contribution in [0.1, 0.15) is 13.3 Å². The van der Waals surface area contributed by atoms with Crippen molar-refractivity contribution in [2.75, 3.05) is 51.0 Å². The van der Waals surface area contributed by atoms with Gasteiger partial charge in [-0.1, -0.05) is 6.92 Å². The Bertz CT molecular complexity index is 402. The molecule has 1 fully saturated rings.